The molecule has 0 saturated carbocycles. The van der Waals surface area contributed by atoms with E-state index in [4.69, 9.17) is 16.3 Å². The van der Waals surface area contributed by atoms with Gasteiger partial charge in [-0.25, -0.2) is 0 Å². The number of hydrogen-bond donors (Lipinski definition) is 0. The molecule has 0 saturated heterocycles. The van der Waals surface area contributed by atoms with E-state index in [1.807, 2.05) is 19.1 Å². The highest BCUT2D eigenvalue weighted by Gasteiger charge is 1.92. The molecule has 2 heteroatoms. The zero-order valence-corrected chi connectivity index (χ0v) is 7.77. The fourth-order valence-electron chi connectivity index (χ4n) is 0.737. The number of rotatable bonds is 3. The highest BCUT2D eigenvalue weighted by Crippen LogP contribution is 2.15. The third-order valence-electron chi connectivity index (χ3n) is 1.30. The van der Waals surface area contributed by atoms with Crippen molar-refractivity contribution < 1.29 is 4.74 Å². The van der Waals surface area contributed by atoms with Crippen LogP contribution in [0.2, 0.25) is 5.02 Å². The molecule has 0 aliphatic carbocycles. The molecule has 0 aliphatic rings. The SMILES string of the molecule is C=C(C)COc1ccc(Cl)cc1. The molecule has 1 aromatic carbocycles. The van der Waals surface area contributed by atoms with E-state index in [1.165, 1.54) is 0 Å². The third kappa shape index (κ3) is 2.97. The van der Waals surface area contributed by atoms with Crippen LogP contribution in [0.3, 0.4) is 0 Å². The van der Waals surface area contributed by atoms with Gasteiger partial charge in [-0.1, -0.05) is 18.2 Å². The molecule has 0 unspecified atom stereocenters. The predicted octanol–water partition coefficient (Wildman–Crippen LogP) is 3.29. The Kier molecular flexibility index (Phi) is 3.18. The lowest BCUT2D eigenvalue weighted by molar-refractivity contribution is 0.352. The lowest BCUT2D eigenvalue weighted by atomic mass is 10.3. The second kappa shape index (κ2) is 4.17. The molecule has 0 aliphatic heterocycles. The lowest BCUT2D eigenvalue weighted by Gasteiger charge is -2.04. The molecular weight excluding hydrogens is 172 g/mol. The van der Waals surface area contributed by atoms with Crippen molar-refractivity contribution in [3.05, 3.63) is 41.4 Å². The highest BCUT2D eigenvalue weighted by molar-refractivity contribution is 6.30. The summed E-state index contributed by atoms with van der Waals surface area (Å²) in [6.45, 7) is 6.22. The Balaban J connectivity index is 2.53. The van der Waals surface area contributed by atoms with Crippen LogP contribution in [0.5, 0.6) is 5.75 Å². The summed E-state index contributed by atoms with van der Waals surface area (Å²) in [4.78, 5) is 0. The zero-order valence-electron chi connectivity index (χ0n) is 7.01. The van der Waals surface area contributed by atoms with Crippen molar-refractivity contribution >= 4 is 11.6 Å². The number of ether oxygens (including phenoxy) is 1. The molecule has 0 amide bonds. The highest BCUT2D eigenvalue weighted by atomic mass is 35.5. The van der Waals surface area contributed by atoms with Crippen LogP contribution in [0.15, 0.2) is 36.4 Å². The first-order chi connectivity index (χ1) is 5.68. The fraction of sp³-hybridized carbons (Fsp3) is 0.200. The van der Waals surface area contributed by atoms with Gasteiger partial charge in [0.15, 0.2) is 0 Å². The van der Waals surface area contributed by atoms with Crippen molar-refractivity contribution in [1.29, 1.82) is 0 Å². The molecule has 1 rings (SSSR count). The van der Waals surface area contributed by atoms with Gasteiger partial charge in [-0.05, 0) is 36.8 Å². The summed E-state index contributed by atoms with van der Waals surface area (Å²) in [7, 11) is 0. The Hall–Kier alpha value is -0.950. The van der Waals surface area contributed by atoms with Gasteiger partial charge >= 0.3 is 0 Å². The Morgan fingerprint density at radius 2 is 2.00 bits per heavy atom. The normalized spacial score (nSPS) is 9.50. The van der Waals surface area contributed by atoms with Crippen LogP contribution in [-0.4, -0.2) is 6.61 Å². The van der Waals surface area contributed by atoms with E-state index in [1.54, 1.807) is 12.1 Å². The van der Waals surface area contributed by atoms with Crippen LogP contribution < -0.4 is 4.74 Å². The van der Waals surface area contributed by atoms with Crippen molar-refractivity contribution in [1.82, 2.24) is 0 Å². The van der Waals surface area contributed by atoms with Gasteiger partial charge in [0.1, 0.15) is 12.4 Å². The predicted molar refractivity (Wildman–Crippen MR) is 51.8 cm³/mol. The molecule has 0 radical (unpaired) electrons. The summed E-state index contributed by atoms with van der Waals surface area (Å²) < 4.78 is 5.36. The summed E-state index contributed by atoms with van der Waals surface area (Å²) in [6.07, 6.45) is 0. The Bertz CT molecular complexity index is 264. The van der Waals surface area contributed by atoms with E-state index in [0.717, 1.165) is 16.3 Å². The number of halogens is 1. The minimum absolute atomic E-state index is 0.557. The van der Waals surface area contributed by atoms with Gasteiger partial charge in [0.2, 0.25) is 0 Å². The fourth-order valence-corrected chi connectivity index (χ4v) is 0.863. The first kappa shape index (κ1) is 9.14. The van der Waals surface area contributed by atoms with E-state index < -0.39 is 0 Å². The van der Waals surface area contributed by atoms with Crippen molar-refractivity contribution in [3.8, 4) is 5.75 Å². The van der Waals surface area contributed by atoms with Gasteiger partial charge < -0.3 is 4.74 Å². The minimum Gasteiger partial charge on any atom is -0.489 e. The van der Waals surface area contributed by atoms with E-state index in [9.17, 15) is 0 Å². The van der Waals surface area contributed by atoms with E-state index >= 15 is 0 Å². The summed E-state index contributed by atoms with van der Waals surface area (Å²) in [5, 5.41) is 0.720. The van der Waals surface area contributed by atoms with E-state index in [-0.39, 0.29) is 0 Å². The molecule has 0 bridgehead atoms. The third-order valence-corrected chi connectivity index (χ3v) is 1.55. The molecule has 1 nitrogen and oxygen atoms in total. The molecule has 64 valence electrons. The topological polar surface area (TPSA) is 9.23 Å². The minimum atomic E-state index is 0.557. The van der Waals surface area contributed by atoms with Crippen LogP contribution in [0.4, 0.5) is 0 Å². The lowest BCUT2D eigenvalue weighted by Crippen LogP contribution is -1.96. The molecule has 12 heavy (non-hydrogen) atoms. The molecule has 0 fully saturated rings. The zero-order chi connectivity index (χ0) is 8.97. The van der Waals surface area contributed by atoms with Gasteiger partial charge in [-0.15, -0.1) is 0 Å². The van der Waals surface area contributed by atoms with Crippen molar-refractivity contribution in [2.24, 2.45) is 0 Å². The van der Waals surface area contributed by atoms with E-state index in [0.29, 0.717) is 6.61 Å². The van der Waals surface area contributed by atoms with Gasteiger partial charge in [0.05, 0.1) is 0 Å². The van der Waals surface area contributed by atoms with Gasteiger partial charge in [0, 0.05) is 5.02 Å². The Labute approximate surface area is 77.6 Å². The number of benzene rings is 1. The van der Waals surface area contributed by atoms with Crippen LogP contribution in [0.1, 0.15) is 6.92 Å². The maximum Gasteiger partial charge on any atom is 0.119 e. The largest absolute Gasteiger partial charge is 0.489 e. The summed E-state index contributed by atoms with van der Waals surface area (Å²) in [5.41, 5.74) is 1.00. The van der Waals surface area contributed by atoms with Crippen LogP contribution >= 0.6 is 11.6 Å². The second-order valence-corrected chi connectivity index (χ2v) is 3.14. The average Bonchev–Trinajstić information content (AvgIpc) is 2.03. The molecule has 0 aromatic heterocycles. The number of hydrogen-bond acceptors (Lipinski definition) is 1. The van der Waals surface area contributed by atoms with Crippen molar-refractivity contribution in [2.45, 2.75) is 6.92 Å². The summed E-state index contributed by atoms with van der Waals surface area (Å²) in [5.74, 6) is 0.822. The van der Waals surface area contributed by atoms with E-state index in [2.05, 4.69) is 6.58 Å². The van der Waals surface area contributed by atoms with Crippen molar-refractivity contribution in [3.63, 3.8) is 0 Å². The first-order valence-electron chi connectivity index (χ1n) is 3.71. The quantitative estimate of drug-likeness (QED) is 0.652. The van der Waals surface area contributed by atoms with Gasteiger partial charge in [0.25, 0.3) is 0 Å². The summed E-state index contributed by atoms with van der Waals surface area (Å²) >= 11 is 5.70. The maximum absolute atomic E-state index is 5.70. The Morgan fingerprint density at radius 1 is 1.42 bits per heavy atom. The monoisotopic (exact) mass is 182 g/mol. The smallest absolute Gasteiger partial charge is 0.119 e. The Morgan fingerprint density at radius 3 is 2.50 bits per heavy atom. The molecule has 0 spiro atoms. The van der Waals surface area contributed by atoms with Crippen molar-refractivity contribution in [2.75, 3.05) is 6.61 Å². The standard InChI is InChI=1S/C10H11ClO/c1-8(2)7-12-10-5-3-9(11)4-6-10/h3-6H,1,7H2,2H3. The maximum atomic E-state index is 5.70. The molecular formula is C10H11ClO. The van der Waals surface area contributed by atoms with Crippen LogP contribution in [-0.2, 0) is 0 Å². The first-order valence-corrected chi connectivity index (χ1v) is 4.09. The molecule has 0 atom stereocenters. The van der Waals surface area contributed by atoms with Gasteiger partial charge in [-0.3, -0.25) is 0 Å². The molecule has 1 aromatic rings. The molecule has 0 heterocycles. The second-order valence-electron chi connectivity index (χ2n) is 2.70. The molecule has 0 N–H and O–H groups in total. The summed E-state index contributed by atoms with van der Waals surface area (Å²) in [6, 6.07) is 7.28. The van der Waals surface area contributed by atoms with Crippen LogP contribution in [0.25, 0.3) is 0 Å². The van der Waals surface area contributed by atoms with Gasteiger partial charge in [-0.2, -0.15) is 0 Å². The average molecular weight is 183 g/mol. The van der Waals surface area contributed by atoms with Crippen LogP contribution in [0, 0.1) is 0 Å².